The predicted octanol–water partition coefficient (Wildman–Crippen LogP) is 3.10. The zero-order valence-electron chi connectivity index (χ0n) is 13.6. The molecule has 0 aliphatic carbocycles. The van der Waals surface area contributed by atoms with E-state index in [4.69, 9.17) is 0 Å². The van der Waals surface area contributed by atoms with Crippen molar-refractivity contribution >= 4 is 34.2 Å². The first kappa shape index (κ1) is 19.0. The van der Waals surface area contributed by atoms with E-state index in [1.807, 2.05) is 35.9 Å². The Labute approximate surface area is 156 Å². The molecule has 1 aliphatic rings. The summed E-state index contributed by atoms with van der Waals surface area (Å²) < 4.78 is 2.86. The minimum atomic E-state index is -0.0427. The highest BCUT2D eigenvalue weighted by Gasteiger charge is 2.19. The average molecular weight is 414 g/mol. The van der Waals surface area contributed by atoms with E-state index in [9.17, 15) is 4.79 Å². The topological polar surface area (TPSA) is 59.0 Å². The Bertz CT molecular complexity index is 680. The summed E-state index contributed by atoms with van der Waals surface area (Å²) >= 11 is 3.44. The fraction of sp³-hybridized carbons (Fsp3) is 0.412. The molecule has 24 heavy (non-hydrogen) atoms. The first-order valence-corrected chi connectivity index (χ1v) is 8.82. The lowest BCUT2D eigenvalue weighted by Gasteiger charge is -2.12. The lowest BCUT2D eigenvalue weighted by atomic mass is 10.1. The van der Waals surface area contributed by atoms with E-state index in [2.05, 4.69) is 31.7 Å². The molecule has 1 saturated heterocycles. The normalized spacial score (nSPS) is 16.7. The molecule has 0 radical (unpaired) electrons. The van der Waals surface area contributed by atoms with E-state index in [1.165, 1.54) is 6.42 Å². The Morgan fingerprint density at radius 2 is 2.17 bits per heavy atom. The fourth-order valence-electron chi connectivity index (χ4n) is 2.95. The molecule has 0 bridgehead atoms. The first-order chi connectivity index (χ1) is 11.2. The molecule has 2 aromatic rings. The molecule has 1 atom stereocenters. The smallest absolute Gasteiger partial charge is 0.254 e. The molecule has 130 valence electrons. The minimum Gasteiger partial charge on any atom is -0.350 e. The number of nitrogens with one attached hydrogen (secondary N) is 2. The van der Waals surface area contributed by atoms with Crippen LogP contribution < -0.4 is 10.6 Å². The largest absolute Gasteiger partial charge is 0.350 e. The van der Waals surface area contributed by atoms with Gasteiger partial charge in [-0.05, 0) is 50.1 Å². The quantitative estimate of drug-likeness (QED) is 0.792. The van der Waals surface area contributed by atoms with Crippen molar-refractivity contribution in [1.82, 2.24) is 20.4 Å². The minimum absolute atomic E-state index is 0. The van der Waals surface area contributed by atoms with E-state index in [0.29, 0.717) is 18.2 Å². The van der Waals surface area contributed by atoms with Gasteiger partial charge in [0.05, 0.1) is 23.1 Å². The highest BCUT2D eigenvalue weighted by atomic mass is 79.9. The van der Waals surface area contributed by atoms with Crippen LogP contribution in [0.15, 0.2) is 34.9 Å². The average Bonchev–Trinajstić information content (AvgIpc) is 3.22. The van der Waals surface area contributed by atoms with Gasteiger partial charge in [0.2, 0.25) is 0 Å². The van der Waals surface area contributed by atoms with Crippen LogP contribution in [0.25, 0.3) is 5.69 Å². The fourth-order valence-corrected chi connectivity index (χ4v) is 3.21. The van der Waals surface area contributed by atoms with Crippen LogP contribution in [0.3, 0.4) is 0 Å². The van der Waals surface area contributed by atoms with Crippen molar-refractivity contribution in [2.24, 2.45) is 0 Å². The second kappa shape index (κ2) is 8.65. The SMILES string of the molecule is CCc1c(C(=O)NCC2CCCN2)cnn1-c1ccc(Br)cc1.Cl. The summed E-state index contributed by atoms with van der Waals surface area (Å²) in [7, 11) is 0. The van der Waals surface area contributed by atoms with Crippen molar-refractivity contribution in [2.45, 2.75) is 32.2 Å². The van der Waals surface area contributed by atoms with Crippen molar-refractivity contribution in [3.8, 4) is 5.69 Å². The van der Waals surface area contributed by atoms with Crippen LogP contribution in [0.5, 0.6) is 0 Å². The number of aromatic nitrogens is 2. The van der Waals surface area contributed by atoms with Crippen molar-refractivity contribution in [2.75, 3.05) is 13.1 Å². The molecule has 3 rings (SSSR count). The Kier molecular flexibility index (Phi) is 6.83. The predicted molar refractivity (Wildman–Crippen MR) is 101 cm³/mol. The van der Waals surface area contributed by atoms with Gasteiger partial charge >= 0.3 is 0 Å². The standard InChI is InChI=1S/C17H21BrN4O.ClH/c1-2-16-15(17(23)20-10-13-4-3-9-19-13)11-21-22(16)14-7-5-12(18)6-8-14;/h5-8,11,13,19H,2-4,9-10H2,1H3,(H,20,23);1H. The molecular weight excluding hydrogens is 392 g/mol. The maximum atomic E-state index is 12.5. The van der Waals surface area contributed by atoms with Crippen molar-refractivity contribution in [1.29, 1.82) is 0 Å². The van der Waals surface area contributed by atoms with E-state index in [1.54, 1.807) is 6.20 Å². The molecule has 1 unspecified atom stereocenters. The van der Waals surface area contributed by atoms with Crippen molar-refractivity contribution in [3.63, 3.8) is 0 Å². The second-order valence-corrected chi connectivity index (χ2v) is 6.67. The van der Waals surface area contributed by atoms with Crippen LogP contribution in [-0.4, -0.2) is 34.8 Å². The highest BCUT2D eigenvalue weighted by Crippen LogP contribution is 2.18. The number of halogens is 2. The summed E-state index contributed by atoms with van der Waals surface area (Å²) in [6.45, 7) is 3.76. The maximum Gasteiger partial charge on any atom is 0.254 e. The number of amides is 1. The van der Waals surface area contributed by atoms with E-state index < -0.39 is 0 Å². The molecule has 1 aliphatic heterocycles. The molecule has 0 saturated carbocycles. The van der Waals surface area contributed by atoms with Gasteiger partial charge in [-0.1, -0.05) is 22.9 Å². The van der Waals surface area contributed by atoms with Gasteiger partial charge in [0.15, 0.2) is 0 Å². The summed E-state index contributed by atoms with van der Waals surface area (Å²) in [4.78, 5) is 12.5. The third-order valence-electron chi connectivity index (χ3n) is 4.19. The zero-order valence-corrected chi connectivity index (χ0v) is 16.0. The third-order valence-corrected chi connectivity index (χ3v) is 4.72. The van der Waals surface area contributed by atoms with E-state index >= 15 is 0 Å². The van der Waals surface area contributed by atoms with Crippen LogP contribution in [0.2, 0.25) is 0 Å². The molecule has 2 heterocycles. The molecule has 0 spiro atoms. The molecule has 1 fully saturated rings. The Morgan fingerprint density at radius 1 is 1.42 bits per heavy atom. The molecule has 7 heteroatoms. The molecule has 5 nitrogen and oxygen atoms in total. The van der Waals surface area contributed by atoms with Gasteiger partial charge in [-0.15, -0.1) is 12.4 Å². The summed E-state index contributed by atoms with van der Waals surface area (Å²) in [5.74, 6) is -0.0427. The molecule has 1 aromatic heterocycles. The summed E-state index contributed by atoms with van der Waals surface area (Å²) in [6, 6.07) is 8.32. The lowest BCUT2D eigenvalue weighted by Crippen LogP contribution is -2.37. The number of benzene rings is 1. The van der Waals surface area contributed by atoms with Gasteiger partial charge in [0.25, 0.3) is 5.91 Å². The second-order valence-electron chi connectivity index (χ2n) is 5.75. The lowest BCUT2D eigenvalue weighted by molar-refractivity contribution is 0.0949. The van der Waals surface area contributed by atoms with Crippen LogP contribution >= 0.6 is 28.3 Å². The Morgan fingerprint density at radius 3 is 2.79 bits per heavy atom. The third kappa shape index (κ3) is 4.18. The van der Waals surface area contributed by atoms with Gasteiger partial charge in [0, 0.05) is 17.1 Å². The molecular formula is C17H22BrClN4O. The number of hydrogen-bond donors (Lipinski definition) is 2. The van der Waals surface area contributed by atoms with Gasteiger partial charge in [-0.3, -0.25) is 4.79 Å². The number of hydrogen-bond acceptors (Lipinski definition) is 3. The summed E-state index contributed by atoms with van der Waals surface area (Å²) in [5.41, 5.74) is 2.55. The molecule has 2 N–H and O–H groups in total. The van der Waals surface area contributed by atoms with Gasteiger partial charge < -0.3 is 10.6 Å². The van der Waals surface area contributed by atoms with Crippen molar-refractivity contribution in [3.05, 3.63) is 46.2 Å². The molecule has 1 amide bonds. The van der Waals surface area contributed by atoms with Crippen LogP contribution in [0, 0.1) is 0 Å². The number of rotatable bonds is 5. The van der Waals surface area contributed by atoms with Crippen LogP contribution in [0.1, 0.15) is 35.8 Å². The van der Waals surface area contributed by atoms with E-state index in [-0.39, 0.29) is 18.3 Å². The Balaban J connectivity index is 0.00000208. The van der Waals surface area contributed by atoms with Gasteiger partial charge in [-0.25, -0.2) is 4.68 Å². The number of nitrogens with zero attached hydrogens (tertiary/aromatic N) is 2. The van der Waals surface area contributed by atoms with Gasteiger partial charge in [-0.2, -0.15) is 5.10 Å². The van der Waals surface area contributed by atoms with Crippen LogP contribution in [0.4, 0.5) is 0 Å². The Hall–Kier alpha value is -1.37. The monoisotopic (exact) mass is 412 g/mol. The van der Waals surface area contributed by atoms with Gasteiger partial charge in [0.1, 0.15) is 0 Å². The first-order valence-electron chi connectivity index (χ1n) is 8.03. The maximum absolute atomic E-state index is 12.5. The zero-order chi connectivity index (χ0) is 16.2. The number of carbonyl (C=O) groups is 1. The van der Waals surface area contributed by atoms with Crippen molar-refractivity contribution < 1.29 is 4.79 Å². The highest BCUT2D eigenvalue weighted by molar-refractivity contribution is 9.10. The summed E-state index contributed by atoms with van der Waals surface area (Å²) in [6.07, 6.45) is 4.72. The van der Waals surface area contributed by atoms with Crippen LogP contribution in [-0.2, 0) is 6.42 Å². The number of carbonyl (C=O) groups excluding carboxylic acids is 1. The summed E-state index contributed by atoms with van der Waals surface area (Å²) in [5, 5.41) is 10.8. The molecule has 1 aromatic carbocycles. The van der Waals surface area contributed by atoms with E-state index in [0.717, 1.165) is 35.2 Å².